The maximum atomic E-state index is 12.8. The van der Waals surface area contributed by atoms with Crippen LogP contribution in [0.15, 0.2) is 29.2 Å². The van der Waals surface area contributed by atoms with Crippen molar-refractivity contribution in [2.45, 2.75) is 30.6 Å². The average Bonchev–Trinajstić information content (AvgIpc) is 2.68. The number of carbonyl (C=O) groups excluding carboxylic acids is 1. The third kappa shape index (κ3) is 4.13. The van der Waals surface area contributed by atoms with Gasteiger partial charge in [-0.05, 0) is 37.1 Å². The number of hydrogen-bond acceptors (Lipinski definition) is 2. The minimum atomic E-state index is -1.39. The van der Waals surface area contributed by atoms with Crippen LogP contribution in [0.4, 0.5) is 4.39 Å². The zero-order valence-corrected chi connectivity index (χ0v) is 11.6. The summed E-state index contributed by atoms with van der Waals surface area (Å²) in [5, 5.41) is 0. The Balaban J connectivity index is 1.94. The highest BCUT2D eigenvalue weighted by molar-refractivity contribution is 7.85. The second-order valence-corrected chi connectivity index (χ2v) is 6.19. The van der Waals surface area contributed by atoms with E-state index in [0.29, 0.717) is 4.90 Å². The molecule has 0 aliphatic carbocycles. The zero-order valence-electron chi connectivity index (χ0n) is 10.8. The summed E-state index contributed by atoms with van der Waals surface area (Å²) in [5.74, 6) is -0.435. The molecule has 1 amide bonds. The molecule has 5 heteroatoms. The van der Waals surface area contributed by atoms with E-state index in [1.807, 2.05) is 0 Å². The van der Waals surface area contributed by atoms with Gasteiger partial charge in [0.2, 0.25) is 5.91 Å². The lowest BCUT2D eigenvalue weighted by atomic mass is 10.2. The van der Waals surface area contributed by atoms with E-state index in [0.717, 1.165) is 38.8 Å². The first-order valence-corrected chi connectivity index (χ1v) is 7.90. The van der Waals surface area contributed by atoms with Crippen molar-refractivity contribution in [1.82, 2.24) is 4.90 Å². The Morgan fingerprint density at radius 1 is 1.11 bits per heavy atom. The molecule has 1 aromatic carbocycles. The van der Waals surface area contributed by atoms with Crippen LogP contribution in [-0.2, 0) is 15.6 Å². The molecule has 0 radical (unpaired) electrons. The fourth-order valence-electron chi connectivity index (χ4n) is 2.19. The molecule has 0 spiro atoms. The molecule has 1 aromatic rings. The van der Waals surface area contributed by atoms with E-state index < -0.39 is 10.8 Å². The van der Waals surface area contributed by atoms with Gasteiger partial charge >= 0.3 is 0 Å². The Kier molecular flexibility index (Phi) is 5.07. The second-order valence-electron chi connectivity index (χ2n) is 4.74. The predicted octanol–water partition coefficient (Wildman–Crippen LogP) is 2.34. The summed E-state index contributed by atoms with van der Waals surface area (Å²) in [6.07, 6.45) is 4.36. The number of nitrogens with zero attached hydrogens (tertiary/aromatic N) is 1. The van der Waals surface area contributed by atoms with E-state index in [2.05, 4.69) is 0 Å². The van der Waals surface area contributed by atoms with Gasteiger partial charge in [-0.25, -0.2) is 4.39 Å². The number of rotatable bonds is 3. The highest BCUT2D eigenvalue weighted by Gasteiger charge is 2.18. The van der Waals surface area contributed by atoms with Crippen molar-refractivity contribution in [3.63, 3.8) is 0 Å². The van der Waals surface area contributed by atoms with Crippen molar-refractivity contribution in [2.75, 3.05) is 18.8 Å². The molecule has 0 saturated carbocycles. The SMILES string of the molecule is O=C(CS(=O)c1ccc(F)cc1)N1CCCCCC1. The highest BCUT2D eigenvalue weighted by Crippen LogP contribution is 2.12. The van der Waals surface area contributed by atoms with Gasteiger partial charge < -0.3 is 4.90 Å². The number of hydrogen-bond donors (Lipinski definition) is 0. The van der Waals surface area contributed by atoms with E-state index in [1.54, 1.807) is 4.90 Å². The van der Waals surface area contributed by atoms with Crippen LogP contribution in [0, 0.1) is 5.82 Å². The molecule has 1 saturated heterocycles. The molecule has 0 bridgehead atoms. The van der Waals surface area contributed by atoms with Crippen LogP contribution in [-0.4, -0.2) is 33.9 Å². The number of halogens is 1. The monoisotopic (exact) mass is 283 g/mol. The van der Waals surface area contributed by atoms with Crippen LogP contribution in [0.5, 0.6) is 0 Å². The largest absolute Gasteiger partial charge is 0.342 e. The van der Waals surface area contributed by atoms with Crippen LogP contribution in [0.1, 0.15) is 25.7 Å². The molecule has 1 atom stereocenters. The summed E-state index contributed by atoms with van der Waals surface area (Å²) in [5.41, 5.74) is 0. The molecule has 3 nitrogen and oxygen atoms in total. The normalized spacial score (nSPS) is 17.8. The Labute approximate surface area is 115 Å². The Bertz CT molecular complexity index is 453. The molecule has 0 N–H and O–H groups in total. The van der Waals surface area contributed by atoms with Gasteiger partial charge in [0.25, 0.3) is 0 Å². The summed E-state index contributed by atoms with van der Waals surface area (Å²) in [7, 11) is -1.39. The summed E-state index contributed by atoms with van der Waals surface area (Å²) >= 11 is 0. The number of carbonyl (C=O) groups is 1. The summed E-state index contributed by atoms with van der Waals surface area (Å²) in [6.45, 7) is 1.53. The standard InChI is InChI=1S/C14H18FNO2S/c15-12-5-7-13(8-6-12)19(18)11-14(17)16-9-3-1-2-4-10-16/h5-8H,1-4,9-11H2. The van der Waals surface area contributed by atoms with Crippen molar-refractivity contribution >= 4 is 16.7 Å². The van der Waals surface area contributed by atoms with E-state index in [4.69, 9.17) is 0 Å². The highest BCUT2D eigenvalue weighted by atomic mass is 32.2. The molecule has 1 aliphatic rings. The molecule has 1 fully saturated rings. The van der Waals surface area contributed by atoms with Crippen molar-refractivity contribution in [2.24, 2.45) is 0 Å². The van der Waals surface area contributed by atoms with Gasteiger partial charge in [-0.3, -0.25) is 9.00 Å². The summed E-state index contributed by atoms with van der Waals surface area (Å²) in [6, 6.07) is 5.48. The molecule has 1 heterocycles. The van der Waals surface area contributed by atoms with Gasteiger partial charge in [-0.1, -0.05) is 12.8 Å². The lowest BCUT2D eigenvalue weighted by Crippen LogP contribution is -2.35. The lowest BCUT2D eigenvalue weighted by molar-refractivity contribution is -0.128. The van der Waals surface area contributed by atoms with Crippen LogP contribution >= 0.6 is 0 Å². The average molecular weight is 283 g/mol. The quantitative estimate of drug-likeness (QED) is 0.854. The van der Waals surface area contributed by atoms with Crippen LogP contribution < -0.4 is 0 Å². The third-order valence-corrected chi connectivity index (χ3v) is 4.60. The number of likely N-dealkylation sites (tertiary alicyclic amines) is 1. The molecular weight excluding hydrogens is 265 g/mol. The van der Waals surface area contributed by atoms with E-state index in [9.17, 15) is 13.4 Å². The topological polar surface area (TPSA) is 37.4 Å². The van der Waals surface area contributed by atoms with Gasteiger partial charge in [0.05, 0.1) is 10.8 Å². The van der Waals surface area contributed by atoms with Gasteiger partial charge in [0.1, 0.15) is 11.6 Å². The Morgan fingerprint density at radius 3 is 2.26 bits per heavy atom. The molecule has 0 aromatic heterocycles. The Morgan fingerprint density at radius 2 is 1.68 bits per heavy atom. The van der Waals surface area contributed by atoms with Gasteiger partial charge in [-0.15, -0.1) is 0 Å². The van der Waals surface area contributed by atoms with Crippen molar-refractivity contribution in [1.29, 1.82) is 0 Å². The lowest BCUT2D eigenvalue weighted by Gasteiger charge is -2.19. The van der Waals surface area contributed by atoms with Crippen molar-refractivity contribution < 1.29 is 13.4 Å². The van der Waals surface area contributed by atoms with Gasteiger partial charge in [-0.2, -0.15) is 0 Å². The molecule has 19 heavy (non-hydrogen) atoms. The first-order chi connectivity index (χ1) is 9.16. The first kappa shape index (κ1) is 14.2. The molecule has 1 unspecified atom stereocenters. The van der Waals surface area contributed by atoms with E-state index >= 15 is 0 Å². The van der Waals surface area contributed by atoms with Crippen LogP contribution in [0.3, 0.4) is 0 Å². The maximum Gasteiger partial charge on any atom is 0.235 e. The first-order valence-electron chi connectivity index (χ1n) is 6.58. The fraction of sp³-hybridized carbons (Fsp3) is 0.500. The fourth-order valence-corrected chi connectivity index (χ4v) is 3.21. The predicted molar refractivity (Wildman–Crippen MR) is 72.7 cm³/mol. The van der Waals surface area contributed by atoms with Gasteiger partial charge in [0.15, 0.2) is 0 Å². The molecule has 2 rings (SSSR count). The zero-order chi connectivity index (χ0) is 13.7. The van der Waals surface area contributed by atoms with Crippen molar-refractivity contribution in [3.05, 3.63) is 30.1 Å². The van der Waals surface area contributed by atoms with Crippen LogP contribution in [0.2, 0.25) is 0 Å². The minimum Gasteiger partial charge on any atom is -0.342 e. The summed E-state index contributed by atoms with van der Waals surface area (Å²) in [4.78, 5) is 14.4. The number of benzene rings is 1. The van der Waals surface area contributed by atoms with E-state index in [1.165, 1.54) is 24.3 Å². The summed E-state index contributed by atoms with van der Waals surface area (Å²) < 4.78 is 24.8. The smallest absolute Gasteiger partial charge is 0.235 e. The molecule has 104 valence electrons. The molecule has 1 aliphatic heterocycles. The third-order valence-electron chi connectivity index (χ3n) is 3.29. The number of amides is 1. The molecular formula is C14H18FNO2S. The Hall–Kier alpha value is -1.23. The van der Waals surface area contributed by atoms with Crippen molar-refractivity contribution in [3.8, 4) is 0 Å². The second kappa shape index (κ2) is 6.80. The van der Waals surface area contributed by atoms with Gasteiger partial charge in [0, 0.05) is 18.0 Å². The minimum absolute atomic E-state index is 0.00830. The maximum absolute atomic E-state index is 12.8. The van der Waals surface area contributed by atoms with Crippen LogP contribution in [0.25, 0.3) is 0 Å². The van der Waals surface area contributed by atoms with E-state index in [-0.39, 0.29) is 17.5 Å².